The van der Waals surface area contributed by atoms with E-state index in [1.807, 2.05) is 4.90 Å². The second-order valence-corrected chi connectivity index (χ2v) is 10.4. The van der Waals surface area contributed by atoms with Crippen molar-refractivity contribution in [1.82, 2.24) is 14.7 Å². The molecule has 1 saturated heterocycles. The van der Waals surface area contributed by atoms with Gasteiger partial charge in [0.2, 0.25) is 0 Å². The molecular formula is C26H20F6N4O3S. The summed E-state index contributed by atoms with van der Waals surface area (Å²) in [7, 11) is 0. The number of benzene rings is 2. The molecule has 3 heterocycles. The molecule has 0 atom stereocenters. The van der Waals surface area contributed by atoms with Gasteiger partial charge in [0.05, 0.1) is 40.2 Å². The Morgan fingerprint density at radius 2 is 1.77 bits per heavy atom. The zero-order valence-corrected chi connectivity index (χ0v) is 21.3. The first-order chi connectivity index (χ1) is 18.8. The summed E-state index contributed by atoms with van der Waals surface area (Å²) in [5, 5.41) is 14.4. The summed E-state index contributed by atoms with van der Waals surface area (Å²) in [4.78, 5) is 30.0. The number of rotatable bonds is 4. The summed E-state index contributed by atoms with van der Waals surface area (Å²) in [5.74, 6) is -1.68. The number of aliphatic carboxylic acids is 1. The molecule has 0 bridgehead atoms. The van der Waals surface area contributed by atoms with Crippen LogP contribution in [0.15, 0.2) is 52.5 Å². The van der Waals surface area contributed by atoms with Crippen LogP contribution in [-0.4, -0.2) is 49.9 Å². The van der Waals surface area contributed by atoms with Crippen LogP contribution >= 0.6 is 11.8 Å². The molecule has 1 amide bonds. The van der Waals surface area contributed by atoms with Gasteiger partial charge in [0.25, 0.3) is 5.91 Å². The van der Waals surface area contributed by atoms with Gasteiger partial charge in [-0.05, 0) is 66.1 Å². The van der Waals surface area contributed by atoms with Gasteiger partial charge < -0.3 is 10.0 Å². The molecule has 2 aliphatic rings. The molecule has 5 rings (SSSR count). The second-order valence-electron chi connectivity index (χ2n) is 9.40. The fourth-order valence-corrected chi connectivity index (χ4v) is 5.60. The summed E-state index contributed by atoms with van der Waals surface area (Å²) in [6, 6.07) is 6.47. The number of nitrogens with zero attached hydrogens (tertiary/aromatic N) is 4. The zero-order chi connectivity index (χ0) is 28.8. The van der Waals surface area contributed by atoms with Crippen LogP contribution in [-0.2, 0) is 28.5 Å². The van der Waals surface area contributed by atoms with E-state index < -0.39 is 47.8 Å². The fraction of sp³-hybridized carbons (Fsp3) is 0.308. The Morgan fingerprint density at radius 3 is 2.42 bits per heavy atom. The van der Waals surface area contributed by atoms with Gasteiger partial charge in [0.1, 0.15) is 0 Å². The number of fused-ring (bicyclic) bond motifs is 1. The molecule has 40 heavy (non-hydrogen) atoms. The van der Waals surface area contributed by atoms with Gasteiger partial charge >= 0.3 is 18.3 Å². The van der Waals surface area contributed by atoms with Crippen molar-refractivity contribution in [1.29, 1.82) is 0 Å². The third kappa shape index (κ3) is 5.71. The van der Waals surface area contributed by atoms with Gasteiger partial charge in [-0.2, -0.15) is 36.4 Å². The smallest absolute Gasteiger partial charge is 0.416 e. The van der Waals surface area contributed by atoms with Crippen molar-refractivity contribution < 1.29 is 41.0 Å². The van der Waals surface area contributed by atoms with E-state index in [0.717, 1.165) is 6.07 Å². The van der Waals surface area contributed by atoms with E-state index >= 15 is 0 Å². The van der Waals surface area contributed by atoms with Crippen LogP contribution in [0.25, 0.3) is 17.0 Å². The van der Waals surface area contributed by atoms with Gasteiger partial charge in [-0.1, -0.05) is 12.1 Å². The molecule has 0 radical (unpaired) electrons. The number of alkyl halides is 6. The minimum atomic E-state index is -4.99. The number of thioether (sulfide) groups is 1. The Bertz CT molecular complexity index is 1550. The molecule has 0 saturated carbocycles. The van der Waals surface area contributed by atoms with E-state index in [4.69, 9.17) is 5.11 Å². The molecule has 0 spiro atoms. The Morgan fingerprint density at radius 1 is 1.05 bits per heavy atom. The minimum Gasteiger partial charge on any atom is -0.481 e. The monoisotopic (exact) mass is 582 g/mol. The average molecular weight is 583 g/mol. The first-order valence-electron chi connectivity index (χ1n) is 12.0. The maximum atomic E-state index is 13.6. The summed E-state index contributed by atoms with van der Waals surface area (Å²) < 4.78 is 80.9. The van der Waals surface area contributed by atoms with E-state index in [1.54, 1.807) is 24.3 Å². The number of halogens is 6. The van der Waals surface area contributed by atoms with E-state index in [2.05, 4.69) is 10.1 Å². The largest absolute Gasteiger partial charge is 0.481 e. The van der Waals surface area contributed by atoms with Crippen molar-refractivity contribution in [3.05, 3.63) is 69.8 Å². The van der Waals surface area contributed by atoms with Gasteiger partial charge in [-0.25, -0.2) is 0 Å². The first-order valence-corrected chi connectivity index (χ1v) is 12.8. The van der Waals surface area contributed by atoms with Gasteiger partial charge in [0, 0.05) is 18.5 Å². The van der Waals surface area contributed by atoms with Crippen molar-refractivity contribution >= 4 is 45.8 Å². The Hall–Kier alpha value is -3.81. The van der Waals surface area contributed by atoms with Crippen molar-refractivity contribution in [3.63, 3.8) is 0 Å². The molecule has 2 aromatic carbocycles. The topological polar surface area (TPSA) is 87.8 Å². The third-order valence-electron chi connectivity index (χ3n) is 6.75. The third-order valence-corrected chi connectivity index (χ3v) is 7.79. The van der Waals surface area contributed by atoms with E-state index in [-0.39, 0.29) is 11.6 Å². The summed E-state index contributed by atoms with van der Waals surface area (Å²) in [6.45, 7) is 0.550. The van der Waals surface area contributed by atoms with E-state index in [1.165, 1.54) is 22.6 Å². The van der Waals surface area contributed by atoms with Crippen molar-refractivity contribution in [2.45, 2.75) is 31.7 Å². The minimum absolute atomic E-state index is 0.103. The SMILES string of the molecule is O=C1N=C(N2CCC(C(=O)O)CC2)SC1=Cc1ccc2c(cnn2Cc2ccc(C(F)(F)F)cc2C(F)(F)F)c1. The van der Waals surface area contributed by atoms with Crippen molar-refractivity contribution in [2.75, 3.05) is 13.1 Å². The van der Waals surface area contributed by atoms with Gasteiger partial charge in [-0.3, -0.25) is 14.3 Å². The lowest BCUT2D eigenvalue weighted by atomic mass is 9.98. The molecule has 0 unspecified atom stereocenters. The number of carboxylic acids is 1. The second kappa shape index (κ2) is 10.3. The molecule has 1 aromatic heterocycles. The van der Waals surface area contributed by atoms with Crippen LogP contribution < -0.4 is 0 Å². The molecule has 7 nitrogen and oxygen atoms in total. The van der Waals surface area contributed by atoms with Crippen LogP contribution in [0.5, 0.6) is 0 Å². The first kappa shape index (κ1) is 27.7. The molecule has 1 fully saturated rings. The summed E-state index contributed by atoms with van der Waals surface area (Å²) >= 11 is 1.18. The Kier molecular flexibility index (Phi) is 7.15. The number of hydrogen-bond acceptors (Lipinski definition) is 5. The van der Waals surface area contributed by atoms with Crippen LogP contribution in [0.3, 0.4) is 0 Å². The number of hydrogen-bond donors (Lipinski definition) is 1. The molecule has 210 valence electrons. The molecule has 2 aliphatic heterocycles. The number of carboxylic acid groups (broad SMARTS) is 1. The normalized spacial score (nSPS) is 18.1. The average Bonchev–Trinajstić information content (AvgIpc) is 3.45. The molecule has 0 aliphatic carbocycles. The van der Waals surface area contributed by atoms with Crippen LogP contribution in [0.4, 0.5) is 26.3 Å². The number of aromatic nitrogens is 2. The number of likely N-dealkylation sites (tertiary alicyclic amines) is 1. The highest BCUT2D eigenvalue weighted by atomic mass is 32.2. The van der Waals surface area contributed by atoms with Crippen LogP contribution in [0.2, 0.25) is 0 Å². The number of amidine groups is 1. The standard InChI is InChI=1S/C26H20F6N4O3S/c27-25(28,29)18-3-2-16(19(11-18)26(30,31)32)13-36-20-4-1-14(9-17(20)12-33-36)10-21-22(37)34-24(40-21)35-7-5-15(6-8-35)23(38)39/h1-4,9-12,15H,5-8,13H2,(H,38,39). The van der Waals surface area contributed by atoms with Crippen molar-refractivity contribution in [2.24, 2.45) is 10.9 Å². The maximum absolute atomic E-state index is 13.6. The lowest BCUT2D eigenvalue weighted by molar-refractivity contribution is -0.144. The number of aliphatic imine (C=N–C) groups is 1. The number of carbonyl (C=O) groups excluding carboxylic acids is 1. The summed E-state index contributed by atoms with van der Waals surface area (Å²) in [5.41, 5.74) is -2.05. The predicted molar refractivity (Wildman–Crippen MR) is 135 cm³/mol. The molecule has 1 N–H and O–H groups in total. The van der Waals surface area contributed by atoms with Gasteiger partial charge in [-0.15, -0.1) is 0 Å². The molecule has 3 aromatic rings. The Labute approximate surface area is 227 Å². The number of amides is 1. The number of carbonyl (C=O) groups is 2. The quantitative estimate of drug-likeness (QED) is 0.305. The van der Waals surface area contributed by atoms with Crippen molar-refractivity contribution in [3.8, 4) is 0 Å². The van der Waals surface area contributed by atoms with Gasteiger partial charge in [0.15, 0.2) is 5.17 Å². The lowest BCUT2D eigenvalue weighted by Gasteiger charge is -2.30. The Balaban J connectivity index is 1.34. The van der Waals surface area contributed by atoms with Crippen LogP contribution in [0, 0.1) is 5.92 Å². The number of piperidine rings is 1. The highest BCUT2D eigenvalue weighted by Crippen LogP contribution is 2.38. The molecule has 14 heteroatoms. The zero-order valence-electron chi connectivity index (χ0n) is 20.5. The van der Waals surface area contributed by atoms with E-state index in [0.29, 0.717) is 58.5 Å². The predicted octanol–water partition coefficient (Wildman–Crippen LogP) is 5.89. The highest BCUT2D eigenvalue weighted by Gasteiger charge is 2.38. The maximum Gasteiger partial charge on any atom is 0.416 e. The fourth-order valence-electron chi connectivity index (χ4n) is 4.64. The highest BCUT2D eigenvalue weighted by molar-refractivity contribution is 8.18. The lowest BCUT2D eigenvalue weighted by Crippen LogP contribution is -2.38. The van der Waals surface area contributed by atoms with E-state index in [9.17, 15) is 35.9 Å². The summed E-state index contributed by atoms with van der Waals surface area (Å²) in [6.07, 6.45) is -5.94. The molecular weight excluding hydrogens is 562 g/mol. The van der Waals surface area contributed by atoms with Crippen LogP contribution in [0.1, 0.15) is 35.1 Å².